The first-order valence-corrected chi connectivity index (χ1v) is 12.2. The molecule has 0 N–H and O–H groups in total. The number of nitrogens with zero attached hydrogens (tertiary/aromatic N) is 4. The largest absolute Gasteiger partial charge is 0.337 e. The number of hydrogen-bond acceptors (Lipinski definition) is 5. The summed E-state index contributed by atoms with van der Waals surface area (Å²) in [7, 11) is 0. The number of aromatic nitrogens is 2. The molecule has 1 atom stereocenters. The Morgan fingerprint density at radius 3 is 2.41 bits per heavy atom. The molecule has 178 valence electrons. The Balaban J connectivity index is 1.50. The topological polar surface area (TPSA) is 79.5 Å². The predicted octanol–water partition coefficient (Wildman–Crippen LogP) is 5.65. The highest BCUT2D eigenvalue weighted by molar-refractivity contribution is 6.30. The summed E-state index contributed by atoms with van der Waals surface area (Å²) in [5.74, 6) is 0.536. The average molecular weight is 501 g/mol. The fourth-order valence-corrected chi connectivity index (χ4v) is 4.38. The monoisotopic (exact) mass is 500 g/mol. The Hall–Kier alpha value is -2.90. The molecule has 0 aliphatic carbocycles. The zero-order chi connectivity index (χ0) is 24.1. The lowest BCUT2D eigenvalue weighted by Gasteiger charge is -2.35. The van der Waals surface area contributed by atoms with Gasteiger partial charge in [0.2, 0.25) is 17.6 Å². The predicted molar refractivity (Wildman–Crippen MR) is 131 cm³/mol. The highest BCUT2D eigenvalue weighted by atomic mass is 35.5. The summed E-state index contributed by atoms with van der Waals surface area (Å²) in [6.07, 6.45) is 3.31. The van der Waals surface area contributed by atoms with E-state index in [9.17, 15) is 9.59 Å². The van der Waals surface area contributed by atoms with Crippen molar-refractivity contribution in [2.75, 3.05) is 19.6 Å². The summed E-state index contributed by atoms with van der Waals surface area (Å²) in [6, 6.07) is 13.6. The smallest absolute Gasteiger partial charge is 0.254 e. The van der Waals surface area contributed by atoms with Crippen LogP contribution >= 0.6 is 23.2 Å². The highest BCUT2D eigenvalue weighted by Gasteiger charge is 2.33. The number of likely N-dealkylation sites (tertiary alicyclic amines) is 1. The number of hydrogen-bond donors (Lipinski definition) is 0. The van der Waals surface area contributed by atoms with Crippen molar-refractivity contribution in [3.05, 3.63) is 70.0 Å². The number of carbonyl (C=O) groups excluding carboxylic acids is 2. The molecule has 0 spiro atoms. The van der Waals surface area contributed by atoms with E-state index in [1.165, 1.54) is 0 Å². The minimum Gasteiger partial charge on any atom is -0.337 e. The average Bonchev–Trinajstić information content (AvgIpc) is 3.34. The fourth-order valence-electron chi connectivity index (χ4n) is 4.13. The van der Waals surface area contributed by atoms with Gasteiger partial charge in [-0.05, 0) is 74.2 Å². The SMILES string of the molecule is CCCN(CC(=O)N1CCCCC1c1nc(-c2ccc(Cl)cc2)no1)C(=O)c1ccc(Cl)cc1. The van der Waals surface area contributed by atoms with E-state index in [4.69, 9.17) is 27.7 Å². The Morgan fingerprint density at radius 2 is 1.74 bits per heavy atom. The van der Waals surface area contributed by atoms with Crippen LogP contribution < -0.4 is 0 Å². The molecule has 0 radical (unpaired) electrons. The van der Waals surface area contributed by atoms with E-state index in [2.05, 4.69) is 10.1 Å². The highest BCUT2D eigenvalue weighted by Crippen LogP contribution is 2.31. The van der Waals surface area contributed by atoms with E-state index in [0.29, 0.717) is 40.4 Å². The second kappa shape index (κ2) is 11.0. The van der Waals surface area contributed by atoms with Gasteiger partial charge in [0.25, 0.3) is 5.91 Å². The van der Waals surface area contributed by atoms with Crippen molar-refractivity contribution in [1.29, 1.82) is 0 Å². The van der Waals surface area contributed by atoms with Crippen LogP contribution in [0.4, 0.5) is 0 Å². The van der Waals surface area contributed by atoms with Gasteiger partial charge >= 0.3 is 0 Å². The minimum absolute atomic E-state index is 0.00994. The molecular weight excluding hydrogens is 475 g/mol. The Labute approximate surface area is 208 Å². The summed E-state index contributed by atoms with van der Waals surface area (Å²) in [4.78, 5) is 34.4. The molecule has 1 aromatic heterocycles. The van der Waals surface area contributed by atoms with Crippen LogP contribution in [-0.2, 0) is 4.79 Å². The lowest BCUT2D eigenvalue weighted by atomic mass is 10.0. The van der Waals surface area contributed by atoms with Crippen LogP contribution in [0.5, 0.6) is 0 Å². The van der Waals surface area contributed by atoms with Crippen molar-refractivity contribution < 1.29 is 14.1 Å². The molecule has 1 saturated heterocycles. The number of rotatable bonds is 7. The molecular formula is C25H26Cl2N4O3. The summed E-state index contributed by atoms with van der Waals surface area (Å²) in [5.41, 5.74) is 1.29. The first kappa shape index (κ1) is 24.2. The van der Waals surface area contributed by atoms with Crippen LogP contribution in [0.15, 0.2) is 53.1 Å². The zero-order valence-electron chi connectivity index (χ0n) is 18.9. The summed E-state index contributed by atoms with van der Waals surface area (Å²) in [6.45, 7) is 3.03. The molecule has 3 aromatic rings. The van der Waals surface area contributed by atoms with Crippen LogP contribution in [0.2, 0.25) is 10.0 Å². The maximum atomic E-state index is 13.4. The number of piperidine rings is 1. The van der Waals surface area contributed by atoms with Gasteiger partial charge in [0.15, 0.2) is 0 Å². The molecule has 34 heavy (non-hydrogen) atoms. The molecule has 1 unspecified atom stereocenters. The molecule has 2 amide bonds. The molecule has 2 aromatic carbocycles. The molecule has 7 nitrogen and oxygen atoms in total. The van der Waals surface area contributed by atoms with Crippen LogP contribution in [0.25, 0.3) is 11.4 Å². The molecule has 2 heterocycles. The quantitative estimate of drug-likeness (QED) is 0.418. The minimum atomic E-state index is -0.316. The van der Waals surface area contributed by atoms with E-state index >= 15 is 0 Å². The standard InChI is InChI=1S/C25H26Cl2N4O3/c1-2-14-30(25(33)18-8-12-20(27)13-9-18)16-22(32)31-15-4-3-5-21(31)24-28-23(29-34-24)17-6-10-19(26)11-7-17/h6-13,21H,2-5,14-16H2,1H3. The van der Waals surface area contributed by atoms with E-state index in [1.54, 1.807) is 46.2 Å². The number of benzene rings is 2. The van der Waals surface area contributed by atoms with E-state index in [1.807, 2.05) is 19.1 Å². The van der Waals surface area contributed by atoms with Crippen molar-refractivity contribution in [3.8, 4) is 11.4 Å². The van der Waals surface area contributed by atoms with Gasteiger partial charge in [0, 0.05) is 34.3 Å². The zero-order valence-corrected chi connectivity index (χ0v) is 20.4. The maximum absolute atomic E-state index is 13.4. The van der Waals surface area contributed by atoms with Crippen LogP contribution in [0, 0.1) is 0 Å². The molecule has 1 aliphatic rings. The first-order valence-electron chi connectivity index (χ1n) is 11.4. The molecule has 4 rings (SSSR count). The first-order chi connectivity index (χ1) is 16.5. The number of halogens is 2. The summed E-state index contributed by atoms with van der Waals surface area (Å²) in [5, 5.41) is 5.29. The third kappa shape index (κ3) is 5.59. The van der Waals surface area contributed by atoms with Crippen LogP contribution in [0.3, 0.4) is 0 Å². The van der Waals surface area contributed by atoms with Gasteiger partial charge in [-0.2, -0.15) is 4.98 Å². The lowest BCUT2D eigenvalue weighted by Crippen LogP contribution is -2.46. The third-order valence-electron chi connectivity index (χ3n) is 5.85. The van der Waals surface area contributed by atoms with Crippen LogP contribution in [0.1, 0.15) is 54.9 Å². The number of amides is 2. The second-order valence-electron chi connectivity index (χ2n) is 8.30. The fraction of sp³-hybridized carbons (Fsp3) is 0.360. The molecule has 1 fully saturated rings. The summed E-state index contributed by atoms with van der Waals surface area (Å²) >= 11 is 11.9. The molecule has 0 saturated carbocycles. The van der Waals surface area contributed by atoms with Crippen molar-refractivity contribution in [2.24, 2.45) is 0 Å². The van der Waals surface area contributed by atoms with E-state index < -0.39 is 0 Å². The van der Waals surface area contributed by atoms with Crippen molar-refractivity contribution >= 4 is 35.0 Å². The van der Waals surface area contributed by atoms with Gasteiger partial charge in [0.1, 0.15) is 12.6 Å². The van der Waals surface area contributed by atoms with Gasteiger partial charge in [-0.3, -0.25) is 9.59 Å². The lowest BCUT2D eigenvalue weighted by molar-refractivity contribution is -0.136. The van der Waals surface area contributed by atoms with Gasteiger partial charge < -0.3 is 14.3 Å². The van der Waals surface area contributed by atoms with Crippen molar-refractivity contribution in [3.63, 3.8) is 0 Å². The van der Waals surface area contributed by atoms with E-state index in [0.717, 1.165) is 31.2 Å². The Bertz CT molecular complexity index is 1130. The number of carbonyl (C=O) groups is 2. The Morgan fingerprint density at radius 1 is 1.06 bits per heavy atom. The Kier molecular flexibility index (Phi) is 7.85. The molecule has 0 bridgehead atoms. The van der Waals surface area contributed by atoms with Crippen molar-refractivity contribution in [1.82, 2.24) is 19.9 Å². The van der Waals surface area contributed by atoms with E-state index in [-0.39, 0.29) is 24.4 Å². The van der Waals surface area contributed by atoms with Gasteiger partial charge in [-0.25, -0.2) is 0 Å². The normalized spacial score (nSPS) is 15.9. The second-order valence-corrected chi connectivity index (χ2v) is 9.17. The van der Waals surface area contributed by atoms with Crippen molar-refractivity contribution in [2.45, 2.75) is 38.6 Å². The molecule has 1 aliphatic heterocycles. The van der Waals surface area contributed by atoms with Gasteiger partial charge in [0.05, 0.1) is 0 Å². The van der Waals surface area contributed by atoms with Gasteiger partial charge in [-0.1, -0.05) is 35.3 Å². The summed E-state index contributed by atoms with van der Waals surface area (Å²) < 4.78 is 5.57. The van der Waals surface area contributed by atoms with Crippen LogP contribution in [-0.4, -0.2) is 51.4 Å². The molecule has 9 heteroatoms. The maximum Gasteiger partial charge on any atom is 0.254 e. The van der Waals surface area contributed by atoms with Gasteiger partial charge in [-0.15, -0.1) is 0 Å². The third-order valence-corrected chi connectivity index (χ3v) is 6.35.